The van der Waals surface area contributed by atoms with Gasteiger partial charge in [-0.3, -0.25) is 0 Å². The zero-order valence-electron chi connectivity index (χ0n) is 12.9. The SMILES string of the molecule is CCC(N)C(C)(CCO)c1ccc(-c2ccccc2)cc1. The van der Waals surface area contributed by atoms with E-state index in [1.807, 2.05) is 18.2 Å². The summed E-state index contributed by atoms with van der Waals surface area (Å²) in [5.41, 5.74) is 9.75. The van der Waals surface area contributed by atoms with Gasteiger partial charge in [0.2, 0.25) is 0 Å². The molecule has 0 bridgehead atoms. The largest absolute Gasteiger partial charge is 0.396 e. The van der Waals surface area contributed by atoms with Crippen molar-refractivity contribution in [3.63, 3.8) is 0 Å². The van der Waals surface area contributed by atoms with Crippen molar-refractivity contribution in [1.82, 2.24) is 0 Å². The fraction of sp³-hybridized carbons (Fsp3) is 0.368. The summed E-state index contributed by atoms with van der Waals surface area (Å²) in [7, 11) is 0. The molecule has 0 aromatic heterocycles. The Balaban J connectivity index is 2.32. The van der Waals surface area contributed by atoms with Crippen LogP contribution in [0.4, 0.5) is 0 Å². The monoisotopic (exact) mass is 283 g/mol. The Labute approximate surface area is 127 Å². The standard InChI is InChI=1S/C19H25NO/c1-3-18(20)19(2,13-14-21)17-11-9-16(10-12-17)15-7-5-4-6-8-15/h4-12,18,21H,3,13-14,20H2,1-2H3. The summed E-state index contributed by atoms with van der Waals surface area (Å²) in [4.78, 5) is 0. The zero-order chi connectivity index (χ0) is 15.3. The average Bonchev–Trinajstić information content (AvgIpc) is 2.55. The van der Waals surface area contributed by atoms with Crippen molar-refractivity contribution in [2.24, 2.45) is 5.73 Å². The van der Waals surface area contributed by atoms with E-state index in [9.17, 15) is 5.11 Å². The molecule has 0 heterocycles. The summed E-state index contributed by atoms with van der Waals surface area (Å²) in [5, 5.41) is 9.38. The molecule has 2 rings (SSSR count). The number of nitrogens with two attached hydrogens (primary N) is 1. The van der Waals surface area contributed by atoms with Crippen LogP contribution in [0.15, 0.2) is 54.6 Å². The van der Waals surface area contributed by atoms with Crippen LogP contribution in [0.25, 0.3) is 11.1 Å². The summed E-state index contributed by atoms with van der Waals surface area (Å²) < 4.78 is 0. The van der Waals surface area contributed by atoms with E-state index in [1.54, 1.807) is 0 Å². The van der Waals surface area contributed by atoms with Gasteiger partial charge in [0, 0.05) is 18.1 Å². The van der Waals surface area contributed by atoms with Gasteiger partial charge in [-0.25, -0.2) is 0 Å². The predicted molar refractivity (Wildman–Crippen MR) is 89.2 cm³/mol. The zero-order valence-corrected chi connectivity index (χ0v) is 12.9. The Bertz CT molecular complexity index is 550. The number of hydrogen-bond donors (Lipinski definition) is 2. The van der Waals surface area contributed by atoms with Gasteiger partial charge in [0.15, 0.2) is 0 Å². The van der Waals surface area contributed by atoms with E-state index in [4.69, 9.17) is 5.73 Å². The van der Waals surface area contributed by atoms with Crippen LogP contribution < -0.4 is 5.73 Å². The molecule has 0 aliphatic heterocycles. The average molecular weight is 283 g/mol. The second-order valence-corrected chi connectivity index (χ2v) is 5.85. The first-order valence-electron chi connectivity index (χ1n) is 7.64. The van der Waals surface area contributed by atoms with Crippen molar-refractivity contribution in [3.05, 3.63) is 60.2 Å². The number of rotatable bonds is 6. The molecular formula is C19H25NO. The lowest BCUT2D eigenvalue weighted by Gasteiger charge is -2.35. The Morgan fingerprint density at radius 2 is 1.57 bits per heavy atom. The smallest absolute Gasteiger partial charge is 0.0440 e. The highest BCUT2D eigenvalue weighted by Gasteiger charge is 2.31. The maximum Gasteiger partial charge on any atom is 0.0440 e. The van der Waals surface area contributed by atoms with Crippen LogP contribution in [0.3, 0.4) is 0 Å². The number of hydrogen-bond acceptors (Lipinski definition) is 2. The van der Waals surface area contributed by atoms with Crippen molar-refractivity contribution in [2.45, 2.75) is 38.1 Å². The summed E-state index contributed by atoms with van der Waals surface area (Å²) in [6, 6.07) is 19.0. The van der Waals surface area contributed by atoms with E-state index < -0.39 is 0 Å². The molecule has 2 heteroatoms. The summed E-state index contributed by atoms with van der Waals surface area (Å²) in [5.74, 6) is 0. The first-order chi connectivity index (χ1) is 10.1. The van der Waals surface area contributed by atoms with Gasteiger partial charge in [-0.05, 0) is 29.5 Å². The quantitative estimate of drug-likeness (QED) is 0.848. The Hall–Kier alpha value is -1.64. The summed E-state index contributed by atoms with van der Waals surface area (Å²) in [6.45, 7) is 4.40. The minimum atomic E-state index is -0.182. The van der Waals surface area contributed by atoms with Gasteiger partial charge in [-0.15, -0.1) is 0 Å². The Morgan fingerprint density at radius 1 is 1.00 bits per heavy atom. The first kappa shape index (κ1) is 15.7. The summed E-state index contributed by atoms with van der Waals surface area (Å²) >= 11 is 0. The summed E-state index contributed by atoms with van der Waals surface area (Å²) in [6.07, 6.45) is 1.59. The van der Waals surface area contributed by atoms with Gasteiger partial charge < -0.3 is 10.8 Å². The third-order valence-electron chi connectivity index (χ3n) is 4.54. The van der Waals surface area contributed by atoms with Crippen LogP contribution in [0.5, 0.6) is 0 Å². The lowest BCUT2D eigenvalue weighted by Crippen LogP contribution is -2.43. The second kappa shape index (κ2) is 6.88. The number of aliphatic hydroxyl groups excluding tert-OH is 1. The molecule has 2 nitrogen and oxygen atoms in total. The van der Waals surface area contributed by atoms with E-state index >= 15 is 0 Å². The highest BCUT2D eigenvalue weighted by atomic mass is 16.3. The van der Waals surface area contributed by atoms with Gasteiger partial charge in [0.25, 0.3) is 0 Å². The van der Waals surface area contributed by atoms with Crippen LogP contribution in [-0.2, 0) is 5.41 Å². The minimum Gasteiger partial charge on any atom is -0.396 e. The molecule has 0 radical (unpaired) electrons. The van der Waals surface area contributed by atoms with Crippen LogP contribution >= 0.6 is 0 Å². The maximum absolute atomic E-state index is 9.38. The van der Waals surface area contributed by atoms with E-state index in [0.717, 1.165) is 6.42 Å². The molecule has 3 N–H and O–H groups in total. The molecule has 21 heavy (non-hydrogen) atoms. The second-order valence-electron chi connectivity index (χ2n) is 5.85. The van der Waals surface area contributed by atoms with E-state index in [0.29, 0.717) is 6.42 Å². The number of aliphatic hydroxyl groups is 1. The third-order valence-corrected chi connectivity index (χ3v) is 4.54. The molecule has 0 aliphatic carbocycles. The molecule has 0 spiro atoms. The molecule has 2 aromatic carbocycles. The third kappa shape index (κ3) is 3.34. The Morgan fingerprint density at radius 3 is 2.10 bits per heavy atom. The Kier molecular flexibility index (Phi) is 5.16. The first-order valence-corrected chi connectivity index (χ1v) is 7.64. The van der Waals surface area contributed by atoms with Gasteiger partial charge in [0.1, 0.15) is 0 Å². The number of benzene rings is 2. The lowest BCUT2D eigenvalue weighted by atomic mass is 9.72. The van der Waals surface area contributed by atoms with E-state index in [-0.39, 0.29) is 18.1 Å². The minimum absolute atomic E-state index is 0.0484. The molecular weight excluding hydrogens is 258 g/mol. The van der Waals surface area contributed by atoms with Crippen molar-refractivity contribution >= 4 is 0 Å². The van der Waals surface area contributed by atoms with Crippen molar-refractivity contribution in [2.75, 3.05) is 6.61 Å². The molecule has 0 aliphatic rings. The molecule has 2 unspecified atom stereocenters. The van der Waals surface area contributed by atoms with Crippen LogP contribution in [0.2, 0.25) is 0 Å². The van der Waals surface area contributed by atoms with Gasteiger partial charge in [0.05, 0.1) is 0 Å². The molecule has 2 aromatic rings. The van der Waals surface area contributed by atoms with E-state index in [1.165, 1.54) is 16.7 Å². The molecule has 112 valence electrons. The topological polar surface area (TPSA) is 46.2 Å². The van der Waals surface area contributed by atoms with Crippen LogP contribution in [-0.4, -0.2) is 17.8 Å². The highest BCUT2D eigenvalue weighted by molar-refractivity contribution is 5.63. The highest BCUT2D eigenvalue weighted by Crippen LogP contribution is 2.33. The molecule has 0 amide bonds. The fourth-order valence-corrected chi connectivity index (χ4v) is 2.90. The van der Waals surface area contributed by atoms with Gasteiger partial charge in [-0.2, -0.15) is 0 Å². The van der Waals surface area contributed by atoms with E-state index in [2.05, 4.69) is 50.2 Å². The molecule has 0 saturated carbocycles. The fourth-order valence-electron chi connectivity index (χ4n) is 2.90. The van der Waals surface area contributed by atoms with Crippen molar-refractivity contribution in [1.29, 1.82) is 0 Å². The van der Waals surface area contributed by atoms with Crippen molar-refractivity contribution in [3.8, 4) is 11.1 Å². The predicted octanol–water partition coefficient (Wildman–Crippen LogP) is 3.73. The lowest BCUT2D eigenvalue weighted by molar-refractivity contribution is 0.223. The van der Waals surface area contributed by atoms with Gasteiger partial charge >= 0.3 is 0 Å². The van der Waals surface area contributed by atoms with Crippen molar-refractivity contribution < 1.29 is 5.11 Å². The molecule has 0 fully saturated rings. The van der Waals surface area contributed by atoms with Crippen LogP contribution in [0, 0.1) is 0 Å². The maximum atomic E-state index is 9.38. The molecule has 2 atom stereocenters. The normalized spacial score (nSPS) is 15.4. The van der Waals surface area contributed by atoms with Gasteiger partial charge in [-0.1, -0.05) is 68.4 Å². The molecule has 0 saturated heterocycles. The van der Waals surface area contributed by atoms with Crippen LogP contribution in [0.1, 0.15) is 32.3 Å².